The molecule has 6 aliphatic heterocycles. The fraction of sp³-hybridized carbons (Fsp3) is 0.471. The second kappa shape index (κ2) is 24.2. The summed E-state index contributed by atoms with van der Waals surface area (Å²) in [5.41, 5.74) is 7.35. The Balaban J connectivity index is 0.756. The Hall–Kier alpha value is -8.32. The Labute approximate surface area is 504 Å². The van der Waals surface area contributed by atoms with Crippen LogP contribution in [0.3, 0.4) is 0 Å². The van der Waals surface area contributed by atoms with Gasteiger partial charge in [-0.15, -0.1) is 0 Å². The van der Waals surface area contributed by atoms with Gasteiger partial charge in [0.25, 0.3) is 0 Å². The maximum Gasteiger partial charge on any atom is 0.318 e. The van der Waals surface area contributed by atoms with Crippen LogP contribution in [0, 0.1) is 28.6 Å². The number of anilines is 4. The molecule has 0 bridgehead atoms. The largest absolute Gasteiger partial charge is 0.462 e. The highest BCUT2D eigenvalue weighted by atomic mass is 16.5. The van der Waals surface area contributed by atoms with Gasteiger partial charge in [-0.2, -0.15) is 30.5 Å². The summed E-state index contributed by atoms with van der Waals surface area (Å²) in [6, 6.07) is 33.6. The number of carbonyl (C=O) groups is 2. The minimum absolute atomic E-state index is 0.154. The lowest BCUT2D eigenvalue weighted by atomic mass is 9.87. The van der Waals surface area contributed by atoms with Crippen LogP contribution in [0.15, 0.2) is 104 Å². The zero-order chi connectivity index (χ0) is 59.1. The number of hydrogen-bond acceptors (Lipinski definition) is 16. The Bertz CT molecular complexity index is 3670. The molecule has 444 valence electrons. The normalized spacial score (nSPS) is 23.4. The third-order valence-corrected chi connectivity index (χ3v) is 19.7. The van der Waals surface area contributed by atoms with Crippen LogP contribution in [0.4, 0.5) is 23.0 Å². The molecule has 18 nitrogen and oxygen atoms in total. The summed E-state index contributed by atoms with van der Waals surface area (Å²) >= 11 is 0. The Morgan fingerprint density at radius 1 is 0.640 bits per heavy atom. The van der Waals surface area contributed by atoms with E-state index in [9.17, 15) is 20.1 Å². The summed E-state index contributed by atoms with van der Waals surface area (Å²) < 4.78 is 13.5. The maximum absolute atomic E-state index is 13.0. The van der Waals surface area contributed by atoms with Gasteiger partial charge in [-0.3, -0.25) is 19.4 Å². The van der Waals surface area contributed by atoms with Crippen molar-refractivity contribution in [2.75, 3.05) is 112 Å². The molecule has 1 aliphatic carbocycles. The fourth-order valence-electron chi connectivity index (χ4n) is 14.8. The van der Waals surface area contributed by atoms with Crippen molar-refractivity contribution in [2.24, 2.45) is 5.92 Å². The quantitative estimate of drug-likeness (QED) is 0.0794. The molecule has 8 heterocycles. The zero-order valence-electron chi connectivity index (χ0n) is 49.8. The van der Waals surface area contributed by atoms with Crippen molar-refractivity contribution in [1.82, 2.24) is 39.5 Å². The molecule has 0 radical (unpaired) electrons. The van der Waals surface area contributed by atoms with Crippen LogP contribution in [0.2, 0.25) is 0 Å². The maximum atomic E-state index is 13.0. The molecule has 4 aromatic carbocycles. The van der Waals surface area contributed by atoms with Crippen LogP contribution in [-0.2, 0) is 35.5 Å². The number of hydrogen-bond donors (Lipinski definition) is 0. The van der Waals surface area contributed by atoms with Crippen LogP contribution in [0.5, 0.6) is 12.0 Å². The van der Waals surface area contributed by atoms with Gasteiger partial charge >= 0.3 is 12.0 Å². The summed E-state index contributed by atoms with van der Waals surface area (Å²) in [4.78, 5) is 64.8. The summed E-state index contributed by atoms with van der Waals surface area (Å²) in [5, 5.41) is 24.6. The highest BCUT2D eigenvalue weighted by molar-refractivity contribution is 5.97. The van der Waals surface area contributed by atoms with Crippen molar-refractivity contribution in [1.29, 1.82) is 10.5 Å². The van der Waals surface area contributed by atoms with E-state index in [0.29, 0.717) is 83.6 Å². The molecule has 5 fully saturated rings. The van der Waals surface area contributed by atoms with Gasteiger partial charge < -0.3 is 38.9 Å². The van der Waals surface area contributed by atoms with Crippen LogP contribution >= 0.6 is 0 Å². The van der Waals surface area contributed by atoms with Gasteiger partial charge in [0.05, 0.1) is 67.1 Å². The fourth-order valence-corrected chi connectivity index (χ4v) is 14.8. The Morgan fingerprint density at radius 3 is 1.84 bits per heavy atom. The number of carbonyl (C=O) groups excluding carboxylic acids is 2. The number of nitrogens with zero attached hydrogens (tertiary/aromatic N) is 14. The van der Waals surface area contributed by atoms with E-state index in [1.165, 1.54) is 64.2 Å². The van der Waals surface area contributed by atoms with Crippen molar-refractivity contribution < 1.29 is 19.1 Å². The van der Waals surface area contributed by atoms with E-state index in [2.05, 4.69) is 148 Å². The third-order valence-electron chi connectivity index (χ3n) is 19.7. The van der Waals surface area contributed by atoms with Gasteiger partial charge in [-0.05, 0) is 118 Å². The summed E-state index contributed by atoms with van der Waals surface area (Å²) in [6.45, 7) is 19.6. The molecule has 86 heavy (non-hydrogen) atoms. The smallest absolute Gasteiger partial charge is 0.318 e. The van der Waals surface area contributed by atoms with Crippen LogP contribution < -0.4 is 29.1 Å². The Morgan fingerprint density at radius 2 is 1.22 bits per heavy atom. The third kappa shape index (κ3) is 11.3. The van der Waals surface area contributed by atoms with Gasteiger partial charge in [0, 0.05) is 105 Å². The minimum atomic E-state index is -0.350. The van der Waals surface area contributed by atoms with Crippen molar-refractivity contribution in [3.63, 3.8) is 0 Å². The predicted octanol–water partition coefficient (Wildman–Crippen LogP) is 8.44. The van der Waals surface area contributed by atoms with E-state index < -0.39 is 0 Å². The average Bonchev–Trinajstić information content (AvgIpc) is 2.63. The molecule has 0 N–H and O–H groups in total. The molecule has 2 aromatic heterocycles. The second-order valence-corrected chi connectivity index (χ2v) is 25.1. The molecule has 3 unspecified atom stereocenters. The first-order valence-corrected chi connectivity index (χ1v) is 31.1. The van der Waals surface area contributed by atoms with Gasteiger partial charge in [-0.25, -0.2) is 0 Å². The monoisotopic (exact) mass is 1150 g/mol. The number of benzene rings is 4. The second-order valence-electron chi connectivity index (χ2n) is 25.1. The molecule has 4 saturated heterocycles. The van der Waals surface area contributed by atoms with Gasteiger partial charge in [0.2, 0.25) is 11.8 Å². The number of aromatic nitrogens is 4. The standard InChI is InChI=1S/C68H78N14O4/c1-5-62(83)81-35-33-79(40-49(81)24-28-69)64-56-27-32-78(43-58(56)71-66(73-64)85-44-51-15-12-30-76(51)38-46-20-21-46)61-23-22-52(54-17-9-10-18-55(54)61)48-37-68(3,75(4)39-48)45-86-67-72-59-42-77(60-19-11-14-47-13-7-8-16-53(47)60)31-26-57(59)65(74-67)80-34-36-82(63(84)6-2)50(41-80)25-29-70/h5-11,13-14,16-19,22-23,46,48-51H,1-2,12,15,20-21,24-27,30-45H2,3-4H3/t48?,49?,50?,51-,68-/m0/s1. The number of amides is 2. The summed E-state index contributed by atoms with van der Waals surface area (Å²) in [7, 11) is 2.20. The van der Waals surface area contributed by atoms with E-state index in [0.717, 1.165) is 104 Å². The number of piperazine rings is 2. The molecule has 2 amide bonds. The average molecular weight is 1160 g/mol. The number of nitriles is 2. The van der Waals surface area contributed by atoms with Gasteiger partial charge in [0.15, 0.2) is 0 Å². The van der Waals surface area contributed by atoms with Gasteiger partial charge in [0.1, 0.15) is 24.8 Å². The van der Waals surface area contributed by atoms with Crippen molar-refractivity contribution >= 4 is 56.4 Å². The van der Waals surface area contributed by atoms with Crippen molar-refractivity contribution in [3.05, 3.63) is 132 Å². The molecule has 7 aliphatic rings. The lowest BCUT2D eigenvalue weighted by Gasteiger charge is -2.42. The summed E-state index contributed by atoms with van der Waals surface area (Å²) in [5.74, 6) is 2.38. The zero-order valence-corrected chi connectivity index (χ0v) is 49.8. The molecule has 13 rings (SSSR count). The van der Waals surface area contributed by atoms with E-state index in [-0.39, 0.29) is 48.2 Å². The lowest BCUT2D eigenvalue weighted by molar-refractivity contribution is -0.129. The van der Waals surface area contributed by atoms with E-state index in [4.69, 9.17) is 29.4 Å². The minimum Gasteiger partial charge on any atom is -0.462 e. The van der Waals surface area contributed by atoms with Crippen molar-refractivity contribution in [2.45, 2.75) is 107 Å². The molecular weight excluding hydrogens is 1080 g/mol. The molecule has 0 spiro atoms. The Kier molecular flexibility index (Phi) is 16.0. The molecule has 1 saturated carbocycles. The topological polar surface area (TPSA) is 178 Å². The SMILES string of the molecule is C=CC(=O)N1CCN(c2nc(OC[C@]3(C)CC(c4ccc(N5CCc6c(nc(OC[C@@H]7CCCN7CC7CC7)nc6N6CCN(C(=O)C=C)C(CC#N)C6)C5)c5ccccc45)CN3C)nc3c2CCN(c2cccc4ccccc24)C3)CC1CC#N. The highest BCUT2D eigenvalue weighted by Gasteiger charge is 2.43. The molecule has 5 atom stereocenters. The number of likely N-dealkylation sites (tertiary alicyclic amines) is 2. The lowest BCUT2D eigenvalue weighted by Crippen LogP contribution is -2.55. The van der Waals surface area contributed by atoms with Crippen LogP contribution in [0.25, 0.3) is 21.5 Å². The number of likely N-dealkylation sites (N-methyl/N-ethyl adjacent to an activating group) is 1. The first-order chi connectivity index (χ1) is 42.0. The van der Waals surface area contributed by atoms with Gasteiger partial charge in [-0.1, -0.05) is 79.9 Å². The molecule has 18 heteroatoms. The number of ether oxygens (including phenoxy) is 2. The van der Waals surface area contributed by atoms with E-state index >= 15 is 0 Å². The van der Waals surface area contributed by atoms with E-state index in [1.807, 2.05) is 0 Å². The first kappa shape index (κ1) is 56.8. The first-order valence-electron chi connectivity index (χ1n) is 31.1. The molecular formula is C68H78N14O4. The number of rotatable bonds is 17. The summed E-state index contributed by atoms with van der Waals surface area (Å²) in [6.07, 6.45) is 10.4. The van der Waals surface area contributed by atoms with Crippen LogP contribution in [-0.4, -0.2) is 167 Å². The highest BCUT2D eigenvalue weighted by Crippen LogP contribution is 2.44. The predicted molar refractivity (Wildman–Crippen MR) is 334 cm³/mol. The van der Waals surface area contributed by atoms with Crippen molar-refractivity contribution in [3.8, 4) is 24.2 Å². The number of fused-ring (bicyclic) bond motifs is 4. The van der Waals surface area contributed by atoms with Crippen LogP contribution in [0.1, 0.15) is 85.9 Å². The van der Waals surface area contributed by atoms with E-state index in [1.54, 1.807) is 9.80 Å². The molecule has 6 aromatic rings.